The standard InChI is InChI=1S/C15H18N2O9/c1-7(18)23-6-10-12(24-8(2)19)13(25-9(3)20)14(26-10)17-5-4-11(21)16-15(17)22/h4-5,10,12-14H,6H2,1-3H3,(H,16,21,22)/t10-,12-,13-,14-/m1/s1/i4D,5D. The van der Waals surface area contributed by atoms with Crippen molar-refractivity contribution in [2.24, 2.45) is 0 Å². The molecule has 0 saturated carbocycles. The predicted molar refractivity (Wildman–Crippen MR) is 83.0 cm³/mol. The van der Waals surface area contributed by atoms with Crippen LogP contribution >= 0.6 is 0 Å². The van der Waals surface area contributed by atoms with Crippen LogP contribution in [0.4, 0.5) is 0 Å². The highest BCUT2D eigenvalue weighted by Crippen LogP contribution is 2.33. The molecular weight excluding hydrogens is 352 g/mol. The third-order valence-electron chi connectivity index (χ3n) is 3.32. The van der Waals surface area contributed by atoms with Crippen molar-refractivity contribution >= 4 is 17.9 Å². The number of hydrogen-bond donors (Lipinski definition) is 1. The smallest absolute Gasteiger partial charge is 0.330 e. The van der Waals surface area contributed by atoms with E-state index in [1.54, 1.807) is 0 Å². The largest absolute Gasteiger partial charge is 0.463 e. The molecule has 4 atom stereocenters. The van der Waals surface area contributed by atoms with Gasteiger partial charge in [0.05, 0.1) is 2.74 Å². The van der Waals surface area contributed by atoms with E-state index in [0.29, 0.717) is 4.57 Å². The van der Waals surface area contributed by atoms with E-state index >= 15 is 0 Å². The Labute approximate surface area is 149 Å². The van der Waals surface area contributed by atoms with Gasteiger partial charge in [-0.05, 0) is 0 Å². The van der Waals surface area contributed by atoms with Crippen LogP contribution in [0.5, 0.6) is 0 Å². The number of nitrogens with zero attached hydrogens (tertiary/aromatic N) is 1. The lowest BCUT2D eigenvalue weighted by molar-refractivity contribution is -0.166. The third-order valence-corrected chi connectivity index (χ3v) is 3.32. The molecule has 2 heterocycles. The summed E-state index contributed by atoms with van der Waals surface area (Å²) in [7, 11) is 0. The number of ether oxygens (including phenoxy) is 4. The Bertz CT molecular complexity index is 910. The lowest BCUT2D eigenvalue weighted by Crippen LogP contribution is -2.42. The number of nitrogens with one attached hydrogen (secondary N) is 1. The van der Waals surface area contributed by atoms with Crippen LogP contribution in [-0.2, 0) is 33.3 Å². The number of rotatable bonds is 5. The molecule has 1 N–H and O–H groups in total. The zero-order valence-corrected chi connectivity index (χ0v) is 14.1. The van der Waals surface area contributed by atoms with Crippen molar-refractivity contribution in [2.75, 3.05) is 6.61 Å². The summed E-state index contributed by atoms with van der Waals surface area (Å²) in [6.07, 6.45) is -6.15. The monoisotopic (exact) mass is 372 g/mol. The molecule has 1 aliphatic heterocycles. The molecule has 2 rings (SSSR count). The van der Waals surface area contributed by atoms with Gasteiger partial charge in [0.15, 0.2) is 18.4 Å². The van der Waals surface area contributed by atoms with Gasteiger partial charge in [-0.3, -0.25) is 28.7 Å². The molecule has 26 heavy (non-hydrogen) atoms. The summed E-state index contributed by atoms with van der Waals surface area (Å²) in [5.74, 6) is -2.23. The van der Waals surface area contributed by atoms with Gasteiger partial charge >= 0.3 is 23.6 Å². The van der Waals surface area contributed by atoms with Crippen LogP contribution in [0.2, 0.25) is 0 Å². The Morgan fingerprint density at radius 2 is 1.77 bits per heavy atom. The Morgan fingerprint density at radius 1 is 1.15 bits per heavy atom. The molecule has 1 aromatic heterocycles. The van der Waals surface area contributed by atoms with Crippen molar-refractivity contribution in [1.29, 1.82) is 0 Å². The fraction of sp³-hybridized carbons (Fsp3) is 0.533. The molecule has 0 aromatic carbocycles. The van der Waals surface area contributed by atoms with Gasteiger partial charge in [0, 0.05) is 33.0 Å². The minimum Gasteiger partial charge on any atom is -0.463 e. The van der Waals surface area contributed by atoms with Crippen LogP contribution in [0.3, 0.4) is 0 Å². The minimum atomic E-state index is -1.52. The Morgan fingerprint density at radius 3 is 2.35 bits per heavy atom. The average Bonchev–Trinajstić information content (AvgIpc) is 2.87. The molecular formula is C15H18N2O9. The molecule has 0 radical (unpaired) electrons. The normalized spacial score (nSPS) is 25.8. The number of carbonyl (C=O) groups is 3. The zero-order chi connectivity index (χ0) is 21.2. The van der Waals surface area contributed by atoms with Crippen molar-refractivity contribution in [3.63, 3.8) is 0 Å². The second kappa shape index (κ2) is 7.95. The summed E-state index contributed by atoms with van der Waals surface area (Å²) in [4.78, 5) is 59.7. The van der Waals surface area contributed by atoms with Crippen molar-refractivity contribution in [2.45, 2.75) is 45.3 Å². The maximum absolute atomic E-state index is 12.2. The number of aromatic amines is 1. The second-order valence-electron chi connectivity index (χ2n) is 5.38. The van der Waals surface area contributed by atoms with Crippen molar-refractivity contribution in [3.8, 4) is 0 Å². The molecule has 11 nitrogen and oxygen atoms in total. The molecule has 0 spiro atoms. The summed E-state index contributed by atoms with van der Waals surface area (Å²) in [6, 6.07) is -0.822. The summed E-state index contributed by atoms with van der Waals surface area (Å²) in [5.41, 5.74) is -2.18. The van der Waals surface area contributed by atoms with Gasteiger partial charge in [-0.1, -0.05) is 0 Å². The van der Waals surface area contributed by atoms with Crippen LogP contribution in [0, 0.1) is 0 Å². The second-order valence-corrected chi connectivity index (χ2v) is 5.38. The SMILES string of the molecule is [2H]c1c([2H])n([C@@H]2O[C@H](COC(C)=O)[C@@H](OC(C)=O)[C@H]2OC(C)=O)c(=O)[nH]c1=O. The van der Waals surface area contributed by atoms with Gasteiger partial charge in [0.25, 0.3) is 5.56 Å². The van der Waals surface area contributed by atoms with Crippen LogP contribution in [-0.4, -0.2) is 52.4 Å². The van der Waals surface area contributed by atoms with E-state index in [1.807, 2.05) is 4.98 Å². The molecule has 11 heteroatoms. The van der Waals surface area contributed by atoms with E-state index < -0.39 is 72.5 Å². The maximum atomic E-state index is 12.2. The Kier molecular flexibility index (Phi) is 5.05. The van der Waals surface area contributed by atoms with Gasteiger partial charge in [0.2, 0.25) is 0 Å². The maximum Gasteiger partial charge on any atom is 0.330 e. The fourth-order valence-corrected chi connectivity index (χ4v) is 2.43. The number of H-pyrrole nitrogens is 1. The lowest BCUT2D eigenvalue weighted by atomic mass is 10.1. The highest BCUT2D eigenvalue weighted by molar-refractivity contribution is 5.67. The van der Waals surface area contributed by atoms with Gasteiger partial charge in [-0.2, -0.15) is 0 Å². The van der Waals surface area contributed by atoms with E-state index in [-0.39, 0.29) is 0 Å². The average molecular weight is 372 g/mol. The van der Waals surface area contributed by atoms with E-state index in [9.17, 15) is 24.0 Å². The Hall–Kier alpha value is -2.95. The van der Waals surface area contributed by atoms with E-state index in [0.717, 1.165) is 20.8 Å². The first-order valence-electron chi connectivity index (χ1n) is 8.48. The molecule has 0 amide bonds. The van der Waals surface area contributed by atoms with Gasteiger partial charge < -0.3 is 18.9 Å². The number of esters is 3. The lowest BCUT2D eigenvalue weighted by Gasteiger charge is -2.23. The minimum absolute atomic E-state index is 0.402. The van der Waals surface area contributed by atoms with Gasteiger partial charge in [0.1, 0.15) is 12.7 Å². The van der Waals surface area contributed by atoms with Crippen molar-refractivity contribution in [3.05, 3.63) is 33.1 Å². The van der Waals surface area contributed by atoms with Crippen molar-refractivity contribution < 1.29 is 36.1 Å². The van der Waals surface area contributed by atoms with Crippen LogP contribution in [0.1, 0.15) is 29.7 Å². The van der Waals surface area contributed by atoms with Crippen LogP contribution < -0.4 is 11.2 Å². The van der Waals surface area contributed by atoms with E-state index in [2.05, 4.69) is 0 Å². The number of carbonyl (C=O) groups excluding carboxylic acids is 3. The Balaban J connectivity index is 2.55. The zero-order valence-electron chi connectivity index (χ0n) is 16.1. The van der Waals surface area contributed by atoms with Crippen LogP contribution in [0.25, 0.3) is 0 Å². The molecule has 0 bridgehead atoms. The predicted octanol–water partition coefficient (Wildman–Crippen LogP) is -1.14. The highest BCUT2D eigenvalue weighted by atomic mass is 16.7. The summed E-state index contributed by atoms with van der Waals surface area (Å²) >= 11 is 0. The number of hydrogen-bond acceptors (Lipinski definition) is 9. The first-order valence-corrected chi connectivity index (χ1v) is 7.48. The molecule has 1 aliphatic rings. The molecule has 142 valence electrons. The van der Waals surface area contributed by atoms with Crippen molar-refractivity contribution in [1.82, 2.24) is 9.55 Å². The molecule has 1 aromatic rings. The summed E-state index contributed by atoms with van der Waals surface area (Å²) in [6.45, 7) is 2.89. The van der Waals surface area contributed by atoms with E-state index in [1.165, 1.54) is 0 Å². The van der Waals surface area contributed by atoms with Gasteiger partial charge in [-0.15, -0.1) is 0 Å². The molecule has 1 saturated heterocycles. The number of aromatic nitrogens is 2. The molecule has 1 fully saturated rings. The summed E-state index contributed by atoms with van der Waals surface area (Å²) in [5, 5.41) is 0. The first kappa shape index (κ1) is 16.5. The molecule has 0 unspecified atom stereocenters. The van der Waals surface area contributed by atoms with Gasteiger partial charge in [-0.25, -0.2) is 4.79 Å². The van der Waals surface area contributed by atoms with E-state index in [4.69, 9.17) is 21.7 Å². The first-order chi connectivity index (χ1) is 13.0. The van der Waals surface area contributed by atoms with Crippen LogP contribution in [0.15, 0.2) is 21.8 Å². The quantitative estimate of drug-likeness (QED) is 0.501. The fourth-order valence-electron chi connectivity index (χ4n) is 2.43. The molecule has 0 aliphatic carbocycles. The highest BCUT2D eigenvalue weighted by Gasteiger charge is 2.50. The summed E-state index contributed by atoms with van der Waals surface area (Å²) < 4.78 is 36.8. The third kappa shape index (κ3) is 4.57. The topological polar surface area (TPSA) is 143 Å².